The van der Waals surface area contributed by atoms with Gasteiger partial charge in [0, 0.05) is 31.9 Å². The van der Waals surface area contributed by atoms with Gasteiger partial charge in [-0.2, -0.15) is 31.1 Å². The van der Waals surface area contributed by atoms with Crippen molar-refractivity contribution in [2.24, 2.45) is 11.8 Å². The van der Waals surface area contributed by atoms with Crippen molar-refractivity contribution in [3.8, 4) is 0 Å². The van der Waals surface area contributed by atoms with Crippen LogP contribution in [0.2, 0.25) is 0 Å². The zero-order valence-electron chi connectivity index (χ0n) is 26.5. The minimum absolute atomic E-state index is 0.0940. The van der Waals surface area contributed by atoms with Gasteiger partial charge in [0.05, 0.1) is 23.6 Å². The topological polar surface area (TPSA) is 87.4 Å². The van der Waals surface area contributed by atoms with Crippen LogP contribution in [0, 0.1) is 11.8 Å². The van der Waals surface area contributed by atoms with E-state index < -0.39 is 29.4 Å². The van der Waals surface area contributed by atoms with Crippen molar-refractivity contribution in [2.45, 2.75) is 97.2 Å². The van der Waals surface area contributed by atoms with Crippen LogP contribution in [0.4, 0.5) is 38.0 Å². The summed E-state index contributed by atoms with van der Waals surface area (Å²) in [4.78, 5) is 16.7. The van der Waals surface area contributed by atoms with Gasteiger partial charge in [0.25, 0.3) is 5.95 Å². The van der Waals surface area contributed by atoms with Gasteiger partial charge in [0.2, 0.25) is 0 Å². The maximum Gasteiger partial charge on any atom is 0.416 e. The molecular formula is C33H40F6N6O2. The Morgan fingerprint density at radius 2 is 1.49 bits per heavy atom. The molecule has 1 N–H and O–H groups in total. The third kappa shape index (κ3) is 8.36. The van der Waals surface area contributed by atoms with Crippen molar-refractivity contribution in [1.82, 2.24) is 20.2 Å². The molecular weight excluding hydrogens is 626 g/mol. The average molecular weight is 667 g/mol. The Morgan fingerprint density at radius 3 is 2.02 bits per heavy atom. The fourth-order valence-electron chi connectivity index (χ4n) is 6.78. The maximum atomic E-state index is 13.7. The number of aryl methyl sites for hydroxylation is 3. The second-order valence-electron chi connectivity index (χ2n) is 12.6. The Hall–Kier alpha value is -3.84. The Labute approximate surface area is 269 Å². The standard InChI is InChI=1S/C33H40F6N6O2/c1-3-43(18-21-9-11-23(12-10-21)30(46)47)29-16-25-8-6-5-7-24(25)15-26(29)20-44(31-40-42-45(4-2)41-31)19-22-13-27(32(34,35)36)17-28(14-22)33(37,38)39/h13-17,21,23H,3-12,18-20H2,1-2H3,(H,46,47). The van der Waals surface area contributed by atoms with Crippen LogP contribution >= 0.6 is 0 Å². The van der Waals surface area contributed by atoms with E-state index in [1.54, 1.807) is 11.8 Å². The second-order valence-corrected chi connectivity index (χ2v) is 12.6. The lowest BCUT2D eigenvalue weighted by molar-refractivity contribution is -0.144. The van der Waals surface area contributed by atoms with Gasteiger partial charge in [0.15, 0.2) is 0 Å². The lowest BCUT2D eigenvalue weighted by Gasteiger charge is -2.35. The van der Waals surface area contributed by atoms with Crippen LogP contribution in [0.1, 0.15) is 85.8 Å². The van der Waals surface area contributed by atoms with Gasteiger partial charge in [-0.3, -0.25) is 4.79 Å². The minimum Gasteiger partial charge on any atom is -0.481 e. The van der Waals surface area contributed by atoms with Crippen molar-refractivity contribution in [3.63, 3.8) is 0 Å². The molecule has 14 heteroatoms. The molecule has 1 aromatic heterocycles. The largest absolute Gasteiger partial charge is 0.481 e. The SMILES string of the molecule is CCN(CC1CCC(C(=O)O)CC1)c1cc2c(cc1CN(Cc1cc(C(F)(F)F)cc(C(F)(F)F)c1)c1nnn(CC)n1)CCCC2. The third-order valence-electron chi connectivity index (χ3n) is 9.33. The monoisotopic (exact) mass is 666 g/mol. The molecule has 0 unspecified atom stereocenters. The number of rotatable bonds is 11. The van der Waals surface area contributed by atoms with Gasteiger partial charge in [0.1, 0.15) is 0 Å². The molecule has 256 valence electrons. The molecule has 47 heavy (non-hydrogen) atoms. The van der Waals surface area contributed by atoms with E-state index in [-0.39, 0.29) is 36.6 Å². The zero-order valence-corrected chi connectivity index (χ0v) is 26.5. The highest BCUT2D eigenvalue weighted by atomic mass is 19.4. The molecule has 1 saturated carbocycles. The van der Waals surface area contributed by atoms with E-state index in [2.05, 4.69) is 32.4 Å². The first-order chi connectivity index (χ1) is 22.2. The summed E-state index contributed by atoms with van der Waals surface area (Å²) < 4.78 is 82.4. The second kappa shape index (κ2) is 14.1. The number of halogens is 6. The molecule has 2 aromatic carbocycles. The summed E-state index contributed by atoms with van der Waals surface area (Å²) in [6.45, 7) is 5.39. The highest BCUT2D eigenvalue weighted by molar-refractivity contribution is 5.70. The van der Waals surface area contributed by atoms with Crippen LogP contribution in [-0.4, -0.2) is 44.4 Å². The predicted octanol–water partition coefficient (Wildman–Crippen LogP) is 7.53. The van der Waals surface area contributed by atoms with E-state index in [1.807, 2.05) is 6.92 Å². The number of carbonyl (C=O) groups is 1. The highest BCUT2D eigenvalue weighted by Crippen LogP contribution is 2.38. The van der Waals surface area contributed by atoms with Crippen LogP contribution in [0.15, 0.2) is 30.3 Å². The van der Waals surface area contributed by atoms with Gasteiger partial charge < -0.3 is 14.9 Å². The number of fused-ring (bicyclic) bond motifs is 1. The minimum atomic E-state index is -4.97. The van der Waals surface area contributed by atoms with Crippen molar-refractivity contribution >= 4 is 17.6 Å². The summed E-state index contributed by atoms with van der Waals surface area (Å²) in [5.74, 6) is -0.698. The number of tetrazole rings is 1. The van der Waals surface area contributed by atoms with Gasteiger partial charge in [-0.15, -0.1) is 5.10 Å². The summed E-state index contributed by atoms with van der Waals surface area (Å²) in [7, 11) is 0. The van der Waals surface area contributed by atoms with Gasteiger partial charge in [-0.05, 0) is 123 Å². The smallest absolute Gasteiger partial charge is 0.416 e. The van der Waals surface area contributed by atoms with Crippen LogP contribution in [0.3, 0.4) is 0 Å². The van der Waals surface area contributed by atoms with Crippen LogP contribution in [0.5, 0.6) is 0 Å². The molecule has 2 aliphatic rings. The van der Waals surface area contributed by atoms with E-state index in [1.165, 1.54) is 15.9 Å². The normalized spacial score (nSPS) is 18.6. The molecule has 2 aliphatic carbocycles. The third-order valence-corrected chi connectivity index (χ3v) is 9.33. The fraction of sp³-hybridized carbons (Fsp3) is 0.576. The number of hydrogen-bond acceptors (Lipinski definition) is 6. The summed E-state index contributed by atoms with van der Waals surface area (Å²) in [6.07, 6.45) is -3.23. The first-order valence-corrected chi connectivity index (χ1v) is 16.2. The van der Waals surface area contributed by atoms with Gasteiger partial charge in [-0.1, -0.05) is 11.2 Å². The molecule has 0 saturated heterocycles. The predicted molar refractivity (Wildman–Crippen MR) is 164 cm³/mol. The van der Waals surface area contributed by atoms with E-state index in [0.717, 1.165) is 61.9 Å². The Balaban J connectivity index is 1.52. The maximum absolute atomic E-state index is 13.7. The van der Waals surface area contributed by atoms with E-state index in [4.69, 9.17) is 0 Å². The van der Waals surface area contributed by atoms with Crippen LogP contribution in [0.25, 0.3) is 0 Å². The molecule has 3 aromatic rings. The van der Waals surface area contributed by atoms with Crippen LogP contribution in [-0.2, 0) is 49.6 Å². The lowest BCUT2D eigenvalue weighted by Crippen LogP contribution is -2.34. The molecule has 5 rings (SSSR count). The van der Waals surface area contributed by atoms with Gasteiger partial charge in [-0.25, -0.2) is 0 Å². The number of alkyl halides is 6. The lowest BCUT2D eigenvalue weighted by atomic mass is 9.81. The number of hydrogen-bond donors (Lipinski definition) is 1. The Kier molecular flexibility index (Phi) is 10.4. The first kappa shape index (κ1) is 34.5. The summed E-state index contributed by atoms with van der Waals surface area (Å²) in [5, 5.41) is 22.0. The Bertz CT molecular complexity index is 1520. The number of aromatic nitrogens is 4. The van der Waals surface area contributed by atoms with E-state index in [9.17, 15) is 36.2 Å². The van der Waals surface area contributed by atoms with Crippen molar-refractivity contribution in [3.05, 3.63) is 63.7 Å². The van der Waals surface area contributed by atoms with E-state index in [0.29, 0.717) is 38.4 Å². The van der Waals surface area contributed by atoms with Crippen molar-refractivity contribution in [1.29, 1.82) is 0 Å². The molecule has 0 atom stereocenters. The molecule has 0 aliphatic heterocycles. The van der Waals surface area contributed by atoms with Crippen molar-refractivity contribution in [2.75, 3.05) is 22.9 Å². The molecule has 1 heterocycles. The number of benzene rings is 2. The first-order valence-electron chi connectivity index (χ1n) is 16.2. The van der Waals surface area contributed by atoms with Crippen LogP contribution < -0.4 is 9.80 Å². The quantitative estimate of drug-likeness (QED) is 0.212. The van der Waals surface area contributed by atoms with E-state index >= 15 is 0 Å². The number of nitrogens with zero attached hydrogens (tertiary/aromatic N) is 6. The zero-order chi connectivity index (χ0) is 33.9. The average Bonchev–Trinajstić information content (AvgIpc) is 3.52. The fourth-order valence-corrected chi connectivity index (χ4v) is 6.78. The molecule has 8 nitrogen and oxygen atoms in total. The van der Waals surface area contributed by atoms with Crippen molar-refractivity contribution < 1.29 is 36.2 Å². The molecule has 0 radical (unpaired) electrons. The number of anilines is 2. The summed E-state index contributed by atoms with van der Waals surface area (Å²) >= 11 is 0. The molecule has 1 fully saturated rings. The molecule has 0 bridgehead atoms. The summed E-state index contributed by atoms with van der Waals surface area (Å²) in [6, 6.07) is 5.90. The number of carboxylic acid groups (broad SMARTS) is 1. The molecule has 0 amide bonds. The summed E-state index contributed by atoms with van der Waals surface area (Å²) in [5.41, 5.74) is 1.29. The highest BCUT2D eigenvalue weighted by Gasteiger charge is 2.37. The van der Waals surface area contributed by atoms with Gasteiger partial charge >= 0.3 is 18.3 Å². The number of aliphatic carboxylic acids is 1. The molecule has 0 spiro atoms. The Morgan fingerprint density at radius 1 is 0.872 bits per heavy atom. The number of carboxylic acids is 1.